The van der Waals surface area contributed by atoms with E-state index in [1.807, 2.05) is 11.0 Å². The van der Waals surface area contributed by atoms with E-state index < -0.39 is 17.5 Å². The molecule has 1 amide bonds. The van der Waals surface area contributed by atoms with Crippen molar-refractivity contribution in [3.05, 3.63) is 51.2 Å². The number of aromatic nitrogens is 3. The molecule has 10 heteroatoms. The first kappa shape index (κ1) is 23.2. The largest absolute Gasteiger partial charge is 0.444 e. The fourth-order valence-corrected chi connectivity index (χ4v) is 3.60. The van der Waals surface area contributed by atoms with Gasteiger partial charge in [0.2, 0.25) is 5.95 Å². The zero-order valence-corrected chi connectivity index (χ0v) is 18.7. The summed E-state index contributed by atoms with van der Waals surface area (Å²) in [4.78, 5) is 26.9. The van der Waals surface area contributed by atoms with Crippen LogP contribution in [0.3, 0.4) is 0 Å². The summed E-state index contributed by atoms with van der Waals surface area (Å²) < 4.78 is 20.6. The predicted octanol–water partition coefficient (Wildman–Crippen LogP) is 2.50. The molecule has 2 heterocycles. The van der Waals surface area contributed by atoms with E-state index in [0.717, 1.165) is 12.8 Å². The molecule has 2 aromatic rings. The van der Waals surface area contributed by atoms with Gasteiger partial charge in [-0.3, -0.25) is 9.36 Å². The smallest absolute Gasteiger partial charge is 0.407 e. The molecule has 0 bridgehead atoms. The number of halogens is 1. The number of hydrogen-bond acceptors (Lipinski definition) is 7. The number of carbonyl (C=O) groups excluding carboxylic acids is 1. The Morgan fingerprint density at radius 1 is 1.38 bits per heavy atom. The van der Waals surface area contributed by atoms with E-state index in [4.69, 9.17) is 4.74 Å². The fraction of sp³-hybridized carbons (Fsp3) is 0.500. The van der Waals surface area contributed by atoms with Gasteiger partial charge in [0, 0.05) is 19.1 Å². The number of nitrogens with one attached hydrogen (secondary N) is 1. The van der Waals surface area contributed by atoms with E-state index in [9.17, 15) is 19.2 Å². The fourth-order valence-electron chi connectivity index (χ4n) is 3.60. The highest BCUT2D eigenvalue weighted by Crippen LogP contribution is 2.20. The maximum atomic E-state index is 13.8. The molecule has 1 aromatic heterocycles. The summed E-state index contributed by atoms with van der Waals surface area (Å²) >= 11 is 0. The number of nitrogens with zero attached hydrogens (tertiary/aromatic N) is 5. The second kappa shape index (κ2) is 9.34. The first-order valence-electron chi connectivity index (χ1n) is 10.4. The first-order valence-corrected chi connectivity index (χ1v) is 10.4. The Bertz CT molecular complexity index is 1100. The molecule has 1 aromatic carbocycles. The van der Waals surface area contributed by atoms with Crippen molar-refractivity contribution >= 4 is 12.0 Å². The average Bonchev–Trinajstić information content (AvgIpc) is 2.70. The number of alkyl carbamates (subject to hydrolysis) is 1. The van der Waals surface area contributed by atoms with Gasteiger partial charge in [-0.05, 0) is 64.3 Å². The van der Waals surface area contributed by atoms with Crippen LogP contribution in [0.1, 0.15) is 50.4 Å². The summed E-state index contributed by atoms with van der Waals surface area (Å²) in [7, 11) is 0. The minimum Gasteiger partial charge on any atom is -0.444 e. The van der Waals surface area contributed by atoms with E-state index >= 15 is 0 Å². The maximum absolute atomic E-state index is 13.8. The lowest BCUT2D eigenvalue weighted by Gasteiger charge is -2.34. The highest BCUT2D eigenvalue weighted by molar-refractivity contribution is 5.68. The molecule has 0 radical (unpaired) electrons. The summed E-state index contributed by atoms with van der Waals surface area (Å²) in [6.07, 6.45) is 1.00. The van der Waals surface area contributed by atoms with E-state index in [0.29, 0.717) is 24.6 Å². The van der Waals surface area contributed by atoms with Gasteiger partial charge in [-0.25, -0.2) is 9.18 Å². The van der Waals surface area contributed by atoms with Crippen LogP contribution in [0.15, 0.2) is 23.0 Å². The number of nitriles is 1. The molecule has 1 aliphatic rings. The summed E-state index contributed by atoms with van der Waals surface area (Å²) in [6.45, 7) is 7.93. The third kappa shape index (κ3) is 5.60. The molecule has 9 nitrogen and oxygen atoms in total. The maximum Gasteiger partial charge on any atom is 0.407 e. The molecular weight excluding hydrogens is 415 g/mol. The van der Waals surface area contributed by atoms with Crippen LogP contribution in [-0.2, 0) is 11.3 Å². The number of carbonyl (C=O) groups is 1. The molecule has 170 valence electrons. The van der Waals surface area contributed by atoms with Crippen LogP contribution in [-0.4, -0.2) is 45.6 Å². The zero-order valence-electron chi connectivity index (χ0n) is 18.7. The molecule has 32 heavy (non-hydrogen) atoms. The number of aryl methyl sites for hydroxylation is 1. The minimum atomic E-state index is -0.606. The monoisotopic (exact) mass is 442 g/mol. The van der Waals surface area contributed by atoms with Crippen molar-refractivity contribution in [2.75, 3.05) is 18.0 Å². The molecule has 0 saturated carbocycles. The van der Waals surface area contributed by atoms with Gasteiger partial charge >= 0.3 is 6.09 Å². The molecule has 1 saturated heterocycles. The number of anilines is 1. The van der Waals surface area contributed by atoms with Gasteiger partial charge in [-0.15, -0.1) is 10.2 Å². The molecule has 0 aliphatic carbocycles. The SMILES string of the molecule is Cc1nnc(N2CCCC(NC(=O)OC(C)(C)C)C2)n(Cc2cc(F)ccc2C#N)c1=O. The molecular formula is C22H27FN6O3. The summed E-state index contributed by atoms with van der Waals surface area (Å²) in [5.74, 6) is -0.184. The first-order chi connectivity index (χ1) is 15.1. The van der Waals surface area contributed by atoms with Crippen molar-refractivity contribution < 1.29 is 13.9 Å². The Morgan fingerprint density at radius 3 is 2.81 bits per heavy atom. The quantitative estimate of drug-likeness (QED) is 0.774. The standard InChI is InChI=1S/C22H27FN6O3/c1-14-19(30)29(12-16-10-17(23)8-7-15(16)11-24)20(27-26-14)28-9-5-6-18(13-28)25-21(31)32-22(2,3)4/h7-8,10,18H,5-6,9,12-13H2,1-4H3,(H,25,31). The molecule has 3 rings (SSSR count). The number of ether oxygens (including phenoxy) is 1. The molecule has 1 aliphatic heterocycles. The Labute approximate surface area is 185 Å². The van der Waals surface area contributed by atoms with Crippen molar-refractivity contribution in [1.82, 2.24) is 20.1 Å². The highest BCUT2D eigenvalue weighted by Gasteiger charge is 2.27. The van der Waals surface area contributed by atoms with Gasteiger partial charge in [0.15, 0.2) is 0 Å². The Morgan fingerprint density at radius 2 is 2.12 bits per heavy atom. The van der Waals surface area contributed by atoms with Gasteiger partial charge < -0.3 is 15.0 Å². The summed E-state index contributed by atoms with van der Waals surface area (Å²) in [5, 5.41) is 20.4. The molecule has 1 N–H and O–H groups in total. The van der Waals surface area contributed by atoms with Crippen LogP contribution in [0.25, 0.3) is 0 Å². The van der Waals surface area contributed by atoms with Crippen molar-refractivity contribution in [2.24, 2.45) is 0 Å². The zero-order chi connectivity index (χ0) is 23.5. The van der Waals surface area contributed by atoms with Gasteiger partial charge in [-0.1, -0.05) is 0 Å². The minimum absolute atomic E-state index is 0.0220. The Balaban J connectivity index is 1.88. The van der Waals surface area contributed by atoms with Gasteiger partial charge in [0.25, 0.3) is 5.56 Å². The normalized spacial score (nSPS) is 16.4. The van der Waals surface area contributed by atoms with Gasteiger partial charge in [0.05, 0.1) is 18.2 Å². The summed E-state index contributed by atoms with van der Waals surface area (Å²) in [5.41, 5.74) is -0.120. The number of amides is 1. The number of hydrogen-bond donors (Lipinski definition) is 1. The van der Waals surface area contributed by atoms with Crippen LogP contribution in [0, 0.1) is 24.1 Å². The van der Waals surface area contributed by atoms with E-state index in [1.54, 1.807) is 27.7 Å². The topological polar surface area (TPSA) is 113 Å². The van der Waals surface area contributed by atoms with Crippen molar-refractivity contribution in [3.8, 4) is 6.07 Å². The van der Waals surface area contributed by atoms with Crippen molar-refractivity contribution in [1.29, 1.82) is 5.26 Å². The van der Waals surface area contributed by atoms with Gasteiger partial charge in [-0.2, -0.15) is 5.26 Å². The van der Waals surface area contributed by atoms with Crippen molar-refractivity contribution in [3.63, 3.8) is 0 Å². The second-order valence-corrected chi connectivity index (χ2v) is 8.82. The average molecular weight is 442 g/mol. The summed E-state index contributed by atoms with van der Waals surface area (Å²) in [6, 6.07) is 5.67. The van der Waals surface area contributed by atoms with Crippen molar-refractivity contribution in [2.45, 2.75) is 58.7 Å². The Hall–Kier alpha value is -3.48. The molecule has 1 unspecified atom stereocenters. The lowest BCUT2D eigenvalue weighted by molar-refractivity contribution is 0.0499. The van der Waals surface area contributed by atoms with Crippen LogP contribution >= 0.6 is 0 Å². The van der Waals surface area contributed by atoms with Crippen LogP contribution < -0.4 is 15.8 Å². The highest BCUT2D eigenvalue weighted by atomic mass is 19.1. The number of piperidine rings is 1. The lowest BCUT2D eigenvalue weighted by Crippen LogP contribution is -2.50. The third-order valence-corrected chi connectivity index (χ3v) is 5.03. The second-order valence-electron chi connectivity index (χ2n) is 8.82. The third-order valence-electron chi connectivity index (χ3n) is 5.03. The van der Waals surface area contributed by atoms with Crippen LogP contribution in [0.2, 0.25) is 0 Å². The molecule has 0 spiro atoms. The van der Waals surface area contributed by atoms with E-state index in [-0.39, 0.29) is 29.4 Å². The van der Waals surface area contributed by atoms with E-state index in [2.05, 4.69) is 15.5 Å². The van der Waals surface area contributed by atoms with E-state index in [1.165, 1.54) is 22.8 Å². The lowest BCUT2D eigenvalue weighted by atomic mass is 10.1. The molecule has 1 atom stereocenters. The number of rotatable bonds is 4. The van der Waals surface area contributed by atoms with Crippen LogP contribution in [0.5, 0.6) is 0 Å². The number of benzene rings is 1. The van der Waals surface area contributed by atoms with Gasteiger partial charge in [0.1, 0.15) is 17.1 Å². The molecule has 1 fully saturated rings. The van der Waals surface area contributed by atoms with Crippen LogP contribution in [0.4, 0.5) is 15.1 Å². The Kier molecular flexibility index (Phi) is 6.77. The predicted molar refractivity (Wildman–Crippen MR) is 116 cm³/mol.